The smallest absolute Gasteiger partial charge is 0.320 e. The van der Waals surface area contributed by atoms with Crippen molar-refractivity contribution in [3.05, 3.63) is 81.4 Å². The largest absolute Gasteiger partial charge is 0.455 e. The van der Waals surface area contributed by atoms with Gasteiger partial charge in [-0.05, 0) is 48.0 Å². The number of rotatable bonds is 7. The number of para-hydroxylation sites is 1. The summed E-state index contributed by atoms with van der Waals surface area (Å²) in [4.78, 5) is 26.9. The minimum absolute atomic E-state index is 0.0183. The van der Waals surface area contributed by atoms with E-state index in [1.807, 2.05) is 6.07 Å². The number of amides is 2. The van der Waals surface area contributed by atoms with Gasteiger partial charge >= 0.3 is 6.18 Å². The summed E-state index contributed by atoms with van der Waals surface area (Å²) >= 11 is 6.33. The molecule has 0 aliphatic heterocycles. The van der Waals surface area contributed by atoms with Gasteiger partial charge in [0.05, 0.1) is 39.3 Å². The Morgan fingerprint density at radius 1 is 1.13 bits per heavy atom. The normalized spacial score (nSPS) is 11.2. The predicted octanol–water partition coefficient (Wildman–Crippen LogP) is 2.88. The first-order chi connectivity index (χ1) is 18.5. The number of carbonyl (C=O) groups excluding carboxylic acids is 2. The Hall–Kier alpha value is -4.81. The van der Waals surface area contributed by atoms with Gasteiger partial charge in [-0.15, -0.1) is 10.2 Å². The number of carbonyl (C=O) groups is 2. The summed E-state index contributed by atoms with van der Waals surface area (Å²) in [5.74, 6) is -2.75. The first-order valence-electron chi connectivity index (χ1n) is 11.0. The first kappa shape index (κ1) is 27.2. The number of tetrazole rings is 1. The highest BCUT2D eigenvalue weighted by molar-refractivity contribution is 6.32. The summed E-state index contributed by atoms with van der Waals surface area (Å²) < 4.78 is 39.9. The van der Waals surface area contributed by atoms with Gasteiger partial charge in [0.1, 0.15) is 12.2 Å². The monoisotopic (exact) mass is 558 g/mol. The number of aromatic nitrogens is 6. The quantitative estimate of drug-likeness (QED) is 0.292. The average Bonchev–Trinajstić information content (AvgIpc) is 3.53. The maximum absolute atomic E-state index is 13.5. The molecule has 2 heterocycles. The summed E-state index contributed by atoms with van der Waals surface area (Å²) in [6.07, 6.45) is -4.78. The Labute approximate surface area is 223 Å². The molecular weight excluding hydrogens is 541 g/mol. The van der Waals surface area contributed by atoms with Crippen molar-refractivity contribution >= 4 is 29.1 Å². The number of nitrogens with zero attached hydrogens (tertiary/aromatic N) is 7. The zero-order valence-electron chi connectivity index (χ0n) is 20.2. The van der Waals surface area contributed by atoms with Crippen LogP contribution in [0.15, 0.2) is 42.5 Å². The molecule has 0 saturated carbocycles. The second-order valence-corrected chi connectivity index (χ2v) is 8.42. The number of alkyl halides is 3. The van der Waals surface area contributed by atoms with Gasteiger partial charge in [0.15, 0.2) is 0 Å². The van der Waals surface area contributed by atoms with Crippen LogP contribution in [0.4, 0.5) is 18.9 Å². The fourth-order valence-electron chi connectivity index (χ4n) is 3.60. The molecule has 12 nitrogen and oxygen atoms in total. The van der Waals surface area contributed by atoms with Gasteiger partial charge in [-0.2, -0.15) is 28.3 Å². The molecule has 16 heteroatoms. The van der Waals surface area contributed by atoms with Crippen LogP contribution in [-0.4, -0.2) is 48.8 Å². The van der Waals surface area contributed by atoms with E-state index in [-0.39, 0.29) is 39.8 Å². The topological polar surface area (TPSA) is 155 Å². The molecule has 0 bridgehead atoms. The number of aryl methyl sites for hydroxylation is 1. The highest BCUT2D eigenvalue weighted by Crippen LogP contribution is 2.27. The molecule has 2 amide bonds. The van der Waals surface area contributed by atoms with E-state index in [4.69, 9.17) is 11.6 Å². The average molecular weight is 559 g/mol. The molecule has 0 spiro atoms. The SMILES string of the molecule is CNNC(=O)c1cc(C#N)cc(C)c1NC(=O)c1cc(Cn2nnc(C(F)(F)F)n2)nn1-c1ccccc1Cl. The zero-order valence-corrected chi connectivity index (χ0v) is 21.0. The molecular formula is C23H18ClF3N10O2. The molecule has 0 radical (unpaired) electrons. The number of benzene rings is 2. The van der Waals surface area contributed by atoms with Gasteiger partial charge in [0.25, 0.3) is 17.6 Å². The summed E-state index contributed by atoms with van der Waals surface area (Å²) in [6.45, 7) is 1.27. The van der Waals surface area contributed by atoms with Crippen LogP contribution in [-0.2, 0) is 12.7 Å². The van der Waals surface area contributed by atoms with E-state index < -0.39 is 23.8 Å². The molecule has 200 valence electrons. The number of anilines is 1. The van der Waals surface area contributed by atoms with E-state index in [0.29, 0.717) is 16.0 Å². The van der Waals surface area contributed by atoms with Crippen molar-refractivity contribution in [2.75, 3.05) is 12.4 Å². The Balaban J connectivity index is 1.76. The fourth-order valence-corrected chi connectivity index (χ4v) is 3.82. The molecule has 0 unspecified atom stereocenters. The summed E-state index contributed by atoms with van der Waals surface area (Å²) in [5, 5.41) is 26.3. The van der Waals surface area contributed by atoms with E-state index in [2.05, 4.69) is 36.7 Å². The van der Waals surface area contributed by atoms with Gasteiger partial charge in [0, 0.05) is 7.05 Å². The molecule has 0 atom stereocenters. The number of nitrogens with one attached hydrogen (secondary N) is 3. The molecule has 0 aliphatic rings. The summed E-state index contributed by atoms with van der Waals surface area (Å²) in [6, 6.07) is 12.6. The third-order valence-electron chi connectivity index (χ3n) is 5.27. The van der Waals surface area contributed by atoms with Crippen molar-refractivity contribution in [1.82, 2.24) is 40.8 Å². The van der Waals surface area contributed by atoms with Crippen molar-refractivity contribution in [2.45, 2.75) is 19.6 Å². The van der Waals surface area contributed by atoms with E-state index >= 15 is 0 Å². The maximum atomic E-state index is 13.5. The van der Waals surface area contributed by atoms with Crippen LogP contribution in [0.2, 0.25) is 5.02 Å². The number of hydrazine groups is 1. The zero-order chi connectivity index (χ0) is 28.3. The van der Waals surface area contributed by atoms with Crippen LogP contribution in [0.3, 0.4) is 0 Å². The third kappa shape index (κ3) is 5.87. The molecule has 4 aromatic rings. The molecule has 0 fully saturated rings. The minimum Gasteiger partial charge on any atom is -0.320 e. The number of hydrogen-bond donors (Lipinski definition) is 3. The molecule has 3 N–H and O–H groups in total. The Kier molecular flexibility index (Phi) is 7.61. The van der Waals surface area contributed by atoms with Gasteiger partial charge < -0.3 is 5.32 Å². The molecule has 0 aliphatic carbocycles. The molecule has 2 aromatic carbocycles. The highest BCUT2D eigenvalue weighted by Gasteiger charge is 2.37. The highest BCUT2D eigenvalue weighted by atomic mass is 35.5. The van der Waals surface area contributed by atoms with Crippen LogP contribution in [0.25, 0.3) is 5.69 Å². The molecule has 0 saturated heterocycles. The van der Waals surface area contributed by atoms with Crippen molar-refractivity contribution in [1.29, 1.82) is 5.26 Å². The van der Waals surface area contributed by atoms with E-state index in [1.54, 1.807) is 31.2 Å². The standard InChI is InChI=1S/C23H18ClF3N10O2/c1-12-7-13(10-28)8-15(20(38)31-29-2)19(12)30-21(39)18-9-14(11-36-34-22(32-35-36)23(25,26)27)33-37(18)17-6-4-3-5-16(17)24/h3-9,29H,11H2,1-2H3,(H,30,39)(H,31,38). The number of hydrogen-bond acceptors (Lipinski definition) is 8. The molecule has 2 aromatic heterocycles. The third-order valence-corrected chi connectivity index (χ3v) is 5.59. The maximum Gasteiger partial charge on any atom is 0.455 e. The van der Waals surface area contributed by atoms with Crippen molar-refractivity contribution < 1.29 is 22.8 Å². The van der Waals surface area contributed by atoms with E-state index in [9.17, 15) is 28.0 Å². The van der Waals surface area contributed by atoms with E-state index in [0.717, 1.165) is 0 Å². The van der Waals surface area contributed by atoms with Gasteiger partial charge in [-0.1, -0.05) is 23.7 Å². The van der Waals surface area contributed by atoms with Crippen molar-refractivity contribution in [3.8, 4) is 11.8 Å². The number of nitriles is 1. The lowest BCUT2D eigenvalue weighted by Gasteiger charge is -2.15. The van der Waals surface area contributed by atoms with Gasteiger partial charge in [-0.25, -0.2) is 10.1 Å². The predicted molar refractivity (Wildman–Crippen MR) is 131 cm³/mol. The van der Waals surface area contributed by atoms with Gasteiger partial charge in [-0.3, -0.25) is 15.0 Å². The second-order valence-electron chi connectivity index (χ2n) is 8.01. The van der Waals surface area contributed by atoms with Crippen molar-refractivity contribution in [3.63, 3.8) is 0 Å². The second kappa shape index (κ2) is 10.9. The lowest BCUT2D eigenvalue weighted by atomic mass is 10.0. The summed E-state index contributed by atoms with van der Waals surface area (Å²) in [5.41, 5.74) is 6.05. The van der Waals surface area contributed by atoms with Gasteiger partial charge in [0.2, 0.25) is 0 Å². The van der Waals surface area contributed by atoms with Crippen LogP contribution >= 0.6 is 11.6 Å². The Morgan fingerprint density at radius 3 is 2.51 bits per heavy atom. The van der Waals surface area contributed by atoms with E-state index in [1.165, 1.54) is 29.9 Å². The Bertz CT molecular complexity index is 1610. The lowest BCUT2D eigenvalue weighted by molar-refractivity contribution is -0.145. The Morgan fingerprint density at radius 2 is 1.87 bits per heavy atom. The lowest BCUT2D eigenvalue weighted by Crippen LogP contribution is -2.35. The van der Waals surface area contributed by atoms with Crippen LogP contribution < -0.4 is 16.2 Å². The van der Waals surface area contributed by atoms with Crippen LogP contribution in [0.5, 0.6) is 0 Å². The minimum atomic E-state index is -4.78. The molecule has 4 rings (SSSR count). The van der Waals surface area contributed by atoms with Crippen LogP contribution in [0, 0.1) is 18.3 Å². The first-order valence-corrected chi connectivity index (χ1v) is 11.4. The van der Waals surface area contributed by atoms with Crippen molar-refractivity contribution in [2.24, 2.45) is 0 Å². The van der Waals surface area contributed by atoms with Crippen LogP contribution in [0.1, 0.15) is 43.5 Å². The molecule has 39 heavy (non-hydrogen) atoms. The fraction of sp³-hybridized carbons (Fsp3) is 0.174. The summed E-state index contributed by atoms with van der Waals surface area (Å²) in [7, 11) is 1.47. The number of halogens is 4.